The summed E-state index contributed by atoms with van der Waals surface area (Å²) >= 11 is 0. The van der Waals surface area contributed by atoms with Crippen LogP contribution in [0.25, 0.3) is 0 Å². The van der Waals surface area contributed by atoms with Crippen LogP contribution in [-0.4, -0.2) is 36.5 Å². The van der Waals surface area contributed by atoms with Crippen molar-refractivity contribution in [3.63, 3.8) is 0 Å². The second kappa shape index (κ2) is 2.21. The van der Waals surface area contributed by atoms with Gasteiger partial charge in [0.25, 0.3) is 0 Å². The van der Waals surface area contributed by atoms with Crippen molar-refractivity contribution in [3.05, 3.63) is 0 Å². The highest BCUT2D eigenvalue weighted by Gasteiger charge is 2.57. The van der Waals surface area contributed by atoms with Gasteiger partial charge in [-0.2, -0.15) is 0 Å². The fourth-order valence-electron chi connectivity index (χ4n) is 0.943. The van der Waals surface area contributed by atoms with E-state index in [2.05, 4.69) is 0 Å². The normalized spacial score (nSPS) is 37.6. The van der Waals surface area contributed by atoms with E-state index in [1.165, 1.54) is 7.11 Å². The molecule has 1 saturated heterocycles. The van der Waals surface area contributed by atoms with Gasteiger partial charge in [-0.1, -0.05) is 0 Å². The van der Waals surface area contributed by atoms with Gasteiger partial charge in [-0.15, -0.1) is 0 Å². The average molecular weight is 146 g/mol. The summed E-state index contributed by atoms with van der Waals surface area (Å²) in [6.45, 7) is 2.05. The van der Waals surface area contributed by atoms with Crippen LogP contribution in [0.15, 0.2) is 0 Å². The molecule has 2 atom stereocenters. The predicted molar refractivity (Wildman–Crippen MR) is 32.8 cm³/mol. The van der Waals surface area contributed by atoms with Gasteiger partial charge in [0.05, 0.1) is 6.61 Å². The van der Waals surface area contributed by atoms with Gasteiger partial charge in [0.15, 0.2) is 6.10 Å². The van der Waals surface area contributed by atoms with Crippen LogP contribution < -0.4 is 0 Å². The lowest BCUT2D eigenvalue weighted by atomic mass is 10.1. The highest BCUT2D eigenvalue weighted by molar-refractivity contribution is 5.77. The lowest BCUT2D eigenvalue weighted by molar-refractivity contribution is -0.138. The zero-order valence-electron chi connectivity index (χ0n) is 5.96. The Morgan fingerprint density at radius 1 is 1.90 bits per heavy atom. The molecule has 1 aliphatic rings. The molecule has 4 nitrogen and oxygen atoms in total. The number of hydrogen-bond acceptors (Lipinski definition) is 3. The van der Waals surface area contributed by atoms with Crippen LogP contribution in [0.1, 0.15) is 6.92 Å². The Bertz CT molecular complexity index is 156. The molecular weight excluding hydrogens is 136 g/mol. The predicted octanol–water partition coefficient (Wildman–Crippen LogP) is -0.125. The summed E-state index contributed by atoms with van der Waals surface area (Å²) in [5.41, 5.74) is -0.583. The fraction of sp³-hybridized carbons (Fsp3) is 0.833. The number of carbonyl (C=O) groups is 1. The largest absolute Gasteiger partial charge is 0.479 e. The van der Waals surface area contributed by atoms with E-state index in [1.54, 1.807) is 6.92 Å². The Kier molecular flexibility index (Phi) is 1.66. The maximum Gasteiger partial charge on any atom is 0.335 e. The molecule has 0 saturated carbocycles. The van der Waals surface area contributed by atoms with Crippen molar-refractivity contribution >= 4 is 5.97 Å². The molecule has 58 valence electrons. The number of carboxylic acids is 1. The SMILES string of the molecule is COCC1(C)OC1C(=O)O. The summed E-state index contributed by atoms with van der Waals surface area (Å²) in [6.07, 6.45) is -0.674. The second-order valence-corrected chi connectivity index (χ2v) is 2.58. The maximum atomic E-state index is 10.3. The molecule has 4 heteroatoms. The minimum atomic E-state index is -0.917. The van der Waals surface area contributed by atoms with Gasteiger partial charge < -0.3 is 14.6 Å². The Labute approximate surface area is 58.7 Å². The number of rotatable bonds is 3. The van der Waals surface area contributed by atoms with E-state index in [0.717, 1.165) is 0 Å². The van der Waals surface area contributed by atoms with Crippen molar-refractivity contribution in [1.29, 1.82) is 0 Å². The number of aliphatic carboxylic acids is 1. The molecule has 0 spiro atoms. The molecule has 0 aromatic rings. The first-order valence-electron chi connectivity index (χ1n) is 3.00. The smallest absolute Gasteiger partial charge is 0.335 e. The Morgan fingerprint density at radius 2 is 2.50 bits per heavy atom. The lowest BCUT2D eigenvalue weighted by Gasteiger charge is -2.00. The van der Waals surface area contributed by atoms with Crippen LogP contribution in [0.4, 0.5) is 0 Å². The summed E-state index contributed by atoms with van der Waals surface area (Å²) in [5, 5.41) is 8.43. The van der Waals surface area contributed by atoms with Crippen LogP contribution in [0.3, 0.4) is 0 Å². The highest BCUT2D eigenvalue weighted by atomic mass is 16.6. The van der Waals surface area contributed by atoms with Gasteiger partial charge in [0, 0.05) is 7.11 Å². The topological polar surface area (TPSA) is 59.1 Å². The van der Waals surface area contributed by atoms with Crippen molar-refractivity contribution in [1.82, 2.24) is 0 Å². The molecule has 0 aromatic carbocycles. The zero-order chi connectivity index (χ0) is 7.78. The number of carboxylic acid groups (broad SMARTS) is 1. The van der Waals surface area contributed by atoms with Crippen LogP contribution in [0, 0.1) is 0 Å². The molecule has 1 rings (SSSR count). The van der Waals surface area contributed by atoms with Crippen molar-refractivity contribution < 1.29 is 19.4 Å². The number of ether oxygens (including phenoxy) is 2. The van der Waals surface area contributed by atoms with E-state index in [1.807, 2.05) is 0 Å². The van der Waals surface area contributed by atoms with Gasteiger partial charge >= 0.3 is 5.97 Å². The molecule has 1 fully saturated rings. The van der Waals surface area contributed by atoms with Crippen LogP contribution >= 0.6 is 0 Å². The fourth-order valence-corrected chi connectivity index (χ4v) is 0.943. The van der Waals surface area contributed by atoms with Gasteiger partial charge in [-0.05, 0) is 6.92 Å². The molecule has 10 heavy (non-hydrogen) atoms. The van der Waals surface area contributed by atoms with E-state index in [-0.39, 0.29) is 0 Å². The summed E-state index contributed by atoms with van der Waals surface area (Å²) in [6, 6.07) is 0. The Hall–Kier alpha value is -0.610. The quantitative estimate of drug-likeness (QED) is 0.564. The van der Waals surface area contributed by atoms with E-state index in [0.29, 0.717) is 6.61 Å². The summed E-state index contributed by atoms with van der Waals surface area (Å²) in [4.78, 5) is 10.3. The van der Waals surface area contributed by atoms with Crippen molar-refractivity contribution in [2.45, 2.75) is 18.6 Å². The Morgan fingerprint density at radius 3 is 2.80 bits per heavy atom. The van der Waals surface area contributed by atoms with Gasteiger partial charge in [-0.25, -0.2) is 4.79 Å². The number of hydrogen-bond donors (Lipinski definition) is 1. The lowest BCUT2D eigenvalue weighted by Crippen LogP contribution is -2.21. The van der Waals surface area contributed by atoms with Crippen LogP contribution in [-0.2, 0) is 14.3 Å². The minimum Gasteiger partial charge on any atom is -0.479 e. The van der Waals surface area contributed by atoms with Crippen LogP contribution in [0.2, 0.25) is 0 Å². The number of methoxy groups -OCH3 is 1. The standard InChI is InChI=1S/C6H10O4/c1-6(3-9-2)4(10-6)5(7)8/h4H,3H2,1-2H3,(H,7,8). The van der Waals surface area contributed by atoms with Gasteiger partial charge in [0.1, 0.15) is 5.60 Å². The molecule has 1 N–H and O–H groups in total. The van der Waals surface area contributed by atoms with E-state index >= 15 is 0 Å². The second-order valence-electron chi connectivity index (χ2n) is 2.58. The molecule has 1 aliphatic heterocycles. The number of epoxide rings is 1. The molecule has 0 aromatic heterocycles. The first kappa shape index (κ1) is 7.50. The third-order valence-electron chi connectivity index (χ3n) is 1.54. The summed E-state index contributed by atoms with van der Waals surface area (Å²) in [7, 11) is 1.52. The minimum absolute atomic E-state index is 0.337. The van der Waals surface area contributed by atoms with Gasteiger partial charge in [-0.3, -0.25) is 0 Å². The first-order valence-corrected chi connectivity index (χ1v) is 3.00. The first-order chi connectivity index (χ1) is 4.60. The molecule has 1 heterocycles. The van der Waals surface area contributed by atoms with Crippen molar-refractivity contribution in [2.24, 2.45) is 0 Å². The van der Waals surface area contributed by atoms with E-state index in [9.17, 15) is 4.79 Å². The van der Waals surface area contributed by atoms with Crippen LogP contribution in [0.5, 0.6) is 0 Å². The summed E-state index contributed by atoms with van der Waals surface area (Å²) < 4.78 is 9.64. The van der Waals surface area contributed by atoms with Crippen molar-refractivity contribution in [2.75, 3.05) is 13.7 Å². The molecular formula is C6H10O4. The third-order valence-corrected chi connectivity index (χ3v) is 1.54. The summed E-state index contributed by atoms with van der Waals surface area (Å²) in [5.74, 6) is -0.917. The highest BCUT2D eigenvalue weighted by Crippen LogP contribution is 2.36. The monoisotopic (exact) mass is 146 g/mol. The maximum absolute atomic E-state index is 10.3. The molecule has 0 aliphatic carbocycles. The van der Waals surface area contributed by atoms with E-state index < -0.39 is 17.7 Å². The van der Waals surface area contributed by atoms with Gasteiger partial charge in [0.2, 0.25) is 0 Å². The third kappa shape index (κ3) is 1.12. The molecule has 0 amide bonds. The molecule has 0 bridgehead atoms. The molecule has 2 unspecified atom stereocenters. The zero-order valence-corrected chi connectivity index (χ0v) is 5.96. The van der Waals surface area contributed by atoms with E-state index in [4.69, 9.17) is 14.6 Å². The molecule has 0 radical (unpaired) electrons. The Balaban J connectivity index is 2.40. The average Bonchev–Trinajstić information content (AvgIpc) is 2.43. The van der Waals surface area contributed by atoms with Crippen molar-refractivity contribution in [3.8, 4) is 0 Å².